The summed E-state index contributed by atoms with van der Waals surface area (Å²) in [5.74, 6) is 2.37. The molecule has 0 radical (unpaired) electrons. The molecule has 0 aliphatic heterocycles. The molecule has 0 saturated carbocycles. The Bertz CT molecular complexity index is 126. The SMILES string of the molecule is C#C/C=C\C=C/C.CCC.[HH]. The zero-order valence-corrected chi connectivity index (χ0v) is 7.09. The summed E-state index contributed by atoms with van der Waals surface area (Å²) in [5.41, 5.74) is 0. The van der Waals surface area contributed by atoms with Gasteiger partial charge in [-0.1, -0.05) is 44.4 Å². The Labute approximate surface area is 66.1 Å². The highest BCUT2D eigenvalue weighted by atomic mass is 13.6. The van der Waals surface area contributed by atoms with Gasteiger partial charge in [-0.05, 0) is 13.0 Å². The molecule has 10 heavy (non-hydrogen) atoms. The first kappa shape index (κ1) is 11.8. The van der Waals surface area contributed by atoms with Gasteiger partial charge < -0.3 is 0 Å². The first-order chi connectivity index (χ1) is 4.83. The van der Waals surface area contributed by atoms with Gasteiger partial charge in [0.25, 0.3) is 0 Å². The topological polar surface area (TPSA) is 0 Å². The van der Waals surface area contributed by atoms with E-state index in [-0.39, 0.29) is 1.43 Å². The molecule has 0 spiro atoms. The van der Waals surface area contributed by atoms with Crippen molar-refractivity contribution in [3.05, 3.63) is 24.3 Å². The van der Waals surface area contributed by atoms with Crippen LogP contribution in [0.4, 0.5) is 0 Å². The van der Waals surface area contributed by atoms with Crippen molar-refractivity contribution in [3.8, 4) is 12.3 Å². The van der Waals surface area contributed by atoms with E-state index >= 15 is 0 Å². The van der Waals surface area contributed by atoms with E-state index in [4.69, 9.17) is 6.42 Å². The second-order valence-corrected chi connectivity index (χ2v) is 1.76. The maximum atomic E-state index is 4.90. The Hall–Kier alpha value is -0.960. The molecule has 0 heteroatoms. The van der Waals surface area contributed by atoms with E-state index in [1.807, 2.05) is 25.2 Å². The molecule has 58 valence electrons. The molecule has 0 amide bonds. The minimum atomic E-state index is 0. The molecule has 0 bridgehead atoms. The van der Waals surface area contributed by atoms with Crippen LogP contribution in [0.2, 0.25) is 0 Å². The van der Waals surface area contributed by atoms with Crippen LogP contribution >= 0.6 is 0 Å². The predicted molar refractivity (Wildman–Crippen MR) is 50.9 cm³/mol. The van der Waals surface area contributed by atoms with Crippen LogP contribution in [0.5, 0.6) is 0 Å². The molecular weight excluding hydrogens is 120 g/mol. The van der Waals surface area contributed by atoms with E-state index in [1.54, 1.807) is 6.08 Å². The van der Waals surface area contributed by atoms with Gasteiger partial charge in [0.2, 0.25) is 0 Å². The zero-order valence-electron chi connectivity index (χ0n) is 7.09. The molecule has 0 aromatic heterocycles. The van der Waals surface area contributed by atoms with Crippen LogP contribution in [0.25, 0.3) is 0 Å². The molecule has 0 N–H and O–H groups in total. The number of rotatable bonds is 1. The van der Waals surface area contributed by atoms with Crippen LogP contribution in [0.15, 0.2) is 24.3 Å². The second kappa shape index (κ2) is 15.7. The zero-order chi connectivity index (χ0) is 8.24. The normalized spacial score (nSPS) is 9.00. The number of hydrogen-bond acceptors (Lipinski definition) is 0. The van der Waals surface area contributed by atoms with Gasteiger partial charge in [0.05, 0.1) is 0 Å². The van der Waals surface area contributed by atoms with E-state index in [0.717, 1.165) is 0 Å². The average Bonchev–Trinajstić information content (AvgIpc) is 1.91. The fraction of sp³-hybridized carbons (Fsp3) is 0.400. The van der Waals surface area contributed by atoms with Crippen LogP contribution in [0.1, 0.15) is 28.6 Å². The highest BCUT2D eigenvalue weighted by Crippen LogP contribution is 1.71. The smallest absolute Gasteiger partial charge is 0 e. The van der Waals surface area contributed by atoms with Crippen molar-refractivity contribution in [2.45, 2.75) is 27.2 Å². The second-order valence-electron chi connectivity index (χ2n) is 1.76. The quantitative estimate of drug-likeness (QED) is 0.385. The molecule has 0 saturated heterocycles. The first-order valence-electron chi connectivity index (χ1n) is 3.57. The molecule has 0 aliphatic carbocycles. The number of terminal acetylenes is 1. The summed E-state index contributed by atoms with van der Waals surface area (Å²) >= 11 is 0. The lowest BCUT2D eigenvalue weighted by molar-refractivity contribution is 1.09. The Morgan fingerprint density at radius 1 is 1.40 bits per heavy atom. The van der Waals surface area contributed by atoms with Gasteiger partial charge in [-0.25, -0.2) is 0 Å². The fourth-order valence-electron chi connectivity index (χ4n) is 0.222. The van der Waals surface area contributed by atoms with E-state index < -0.39 is 0 Å². The van der Waals surface area contributed by atoms with Gasteiger partial charge in [0.1, 0.15) is 0 Å². The summed E-state index contributed by atoms with van der Waals surface area (Å²) in [7, 11) is 0. The summed E-state index contributed by atoms with van der Waals surface area (Å²) < 4.78 is 0. The van der Waals surface area contributed by atoms with Crippen molar-refractivity contribution in [2.24, 2.45) is 0 Å². The minimum Gasteiger partial charge on any atom is -0.115 e. The van der Waals surface area contributed by atoms with Gasteiger partial charge in [-0.15, -0.1) is 6.42 Å². The van der Waals surface area contributed by atoms with Gasteiger partial charge in [-0.2, -0.15) is 0 Å². The summed E-state index contributed by atoms with van der Waals surface area (Å²) in [6.45, 7) is 6.20. The van der Waals surface area contributed by atoms with Crippen molar-refractivity contribution in [1.82, 2.24) is 0 Å². The number of allylic oxidation sites excluding steroid dienone is 4. The largest absolute Gasteiger partial charge is 0.115 e. The highest BCUT2D eigenvalue weighted by molar-refractivity contribution is 5.14. The van der Waals surface area contributed by atoms with E-state index in [9.17, 15) is 0 Å². The lowest BCUT2D eigenvalue weighted by Gasteiger charge is -1.63. The Kier molecular flexibility index (Phi) is 18.5. The third kappa shape index (κ3) is 27.8. The molecule has 0 aromatic rings. The minimum absolute atomic E-state index is 0. The summed E-state index contributed by atoms with van der Waals surface area (Å²) in [6, 6.07) is 0. The predicted octanol–water partition coefficient (Wildman–Crippen LogP) is 3.41. The van der Waals surface area contributed by atoms with Crippen molar-refractivity contribution in [3.63, 3.8) is 0 Å². The van der Waals surface area contributed by atoms with Crippen molar-refractivity contribution in [2.75, 3.05) is 0 Å². The molecule has 0 aliphatic rings. The maximum Gasteiger partial charge on any atom is 0 e. The van der Waals surface area contributed by atoms with Crippen LogP contribution in [0, 0.1) is 12.3 Å². The third-order valence-electron chi connectivity index (χ3n) is 0.496. The van der Waals surface area contributed by atoms with Crippen LogP contribution < -0.4 is 0 Å². The standard InChI is InChI=1S/C7H8.C3H8.H2/c1-3-5-7-6-4-2;1-3-2;/h1,4-7H,2H3;3H2,1-2H3;1H/b6-4-,7-5-;;. The van der Waals surface area contributed by atoms with Gasteiger partial charge in [0.15, 0.2) is 0 Å². The van der Waals surface area contributed by atoms with Crippen molar-refractivity contribution >= 4 is 0 Å². The maximum absolute atomic E-state index is 4.90. The highest BCUT2D eigenvalue weighted by Gasteiger charge is 1.52. The molecule has 0 aromatic carbocycles. The fourth-order valence-corrected chi connectivity index (χ4v) is 0.222. The summed E-state index contributed by atoms with van der Waals surface area (Å²) in [6.07, 6.45) is 13.4. The van der Waals surface area contributed by atoms with Crippen molar-refractivity contribution in [1.29, 1.82) is 0 Å². The molecule has 0 unspecified atom stereocenters. The first-order valence-corrected chi connectivity index (χ1v) is 3.57. The van der Waals surface area contributed by atoms with Crippen molar-refractivity contribution < 1.29 is 1.43 Å². The van der Waals surface area contributed by atoms with Crippen LogP contribution in [-0.2, 0) is 0 Å². The van der Waals surface area contributed by atoms with Crippen LogP contribution in [-0.4, -0.2) is 0 Å². The molecule has 0 nitrogen and oxygen atoms in total. The summed E-state index contributed by atoms with van der Waals surface area (Å²) in [4.78, 5) is 0. The Morgan fingerprint density at radius 3 is 2.20 bits per heavy atom. The lowest BCUT2D eigenvalue weighted by Crippen LogP contribution is -1.44. The third-order valence-corrected chi connectivity index (χ3v) is 0.496. The Balaban J connectivity index is -0.000000140. The van der Waals surface area contributed by atoms with Gasteiger partial charge in [0, 0.05) is 1.43 Å². The van der Waals surface area contributed by atoms with Gasteiger partial charge in [-0.3, -0.25) is 0 Å². The van der Waals surface area contributed by atoms with E-state index in [1.165, 1.54) is 6.42 Å². The lowest BCUT2D eigenvalue weighted by atomic mass is 10.4. The van der Waals surface area contributed by atoms with E-state index in [2.05, 4.69) is 19.8 Å². The van der Waals surface area contributed by atoms with Gasteiger partial charge >= 0.3 is 0 Å². The molecule has 0 heterocycles. The summed E-state index contributed by atoms with van der Waals surface area (Å²) in [5, 5.41) is 0. The number of hydrogen-bond donors (Lipinski definition) is 0. The molecule has 0 fully saturated rings. The average molecular weight is 138 g/mol. The van der Waals surface area contributed by atoms with Crippen LogP contribution in [0.3, 0.4) is 0 Å². The molecular formula is C10H18. The van der Waals surface area contributed by atoms with E-state index in [0.29, 0.717) is 0 Å². The molecule has 0 atom stereocenters. The Morgan fingerprint density at radius 2 is 1.90 bits per heavy atom. The monoisotopic (exact) mass is 138 g/mol. The molecule has 0 rings (SSSR count).